The zero-order chi connectivity index (χ0) is 21.9. The van der Waals surface area contributed by atoms with Crippen molar-refractivity contribution in [1.82, 2.24) is 9.80 Å². The second-order valence-electron chi connectivity index (χ2n) is 11.0. The standard InChI is InChI=1S/C25H41N3O2/c1-19-9-12-28(18-20(19)17-26-5)22(29)8-6-7-21-15-25(21)10-13-27(14-11-25)23(30)16-24(2,3)4/h17,21H,6-16,18H2,1-5H3. The average Bonchev–Trinajstić information content (AvgIpc) is 3.34. The summed E-state index contributed by atoms with van der Waals surface area (Å²) < 4.78 is 0. The minimum atomic E-state index is 0.0633. The van der Waals surface area contributed by atoms with Gasteiger partial charge >= 0.3 is 0 Å². The highest BCUT2D eigenvalue weighted by molar-refractivity contribution is 5.83. The number of rotatable bonds is 6. The van der Waals surface area contributed by atoms with E-state index in [0.29, 0.717) is 36.6 Å². The lowest BCUT2D eigenvalue weighted by atomic mass is 9.87. The predicted octanol–water partition coefficient (Wildman–Crippen LogP) is 4.47. The van der Waals surface area contributed by atoms with E-state index in [1.807, 2.05) is 11.1 Å². The normalized spacial score (nSPS) is 24.1. The third-order valence-electron chi connectivity index (χ3n) is 7.40. The third-order valence-corrected chi connectivity index (χ3v) is 7.40. The molecule has 5 nitrogen and oxygen atoms in total. The Balaban J connectivity index is 1.37. The zero-order valence-corrected chi connectivity index (χ0v) is 19.8. The first kappa shape index (κ1) is 23.0. The summed E-state index contributed by atoms with van der Waals surface area (Å²) in [5.41, 5.74) is 3.09. The van der Waals surface area contributed by atoms with Crippen LogP contribution in [0.15, 0.2) is 16.1 Å². The first-order valence-electron chi connectivity index (χ1n) is 11.8. The number of aliphatic imine (C=N–C) groups is 1. The molecule has 5 heteroatoms. The smallest absolute Gasteiger partial charge is 0.223 e. The number of carbonyl (C=O) groups excluding carboxylic acids is 2. The summed E-state index contributed by atoms with van der Waals surface area (Å²) in [7, 11) is 1.79. The maximum absolute atomic E-state index is 12.7. The number of piperidine rings is 1. The minimum absolute atomic E-state index is 0.0633. The fourth-order valence-corrected chi connectivity index (χ4v) is 5.28. The van der Waals surface area contributed by atoms with Crippen LogP contribution >= 0.6 is 0 Å². The van der Waals surface area contributed by atoms with Gasteiger partial charge in [0.15, 0.2) is 0 Å². The molecule has 2 fully saturated rings. The molecule has 0 aromatic carbocycles. The molecule has 0 radical (unpaired) electrons. The second-order valence-corrected chi connectivity index (χ2v) is 11.0. The maximum atomic E-state index is 12.7. The van der Waals surface area contributed by atoms with Crippen LogP contribution < -0.4 is 0 Å². The molecule has 30 heavy (non-hydrogen) atoms. The van der Waals surface area contributed by atoms with E-state index in [2.05, 4.69) is 37.6 Å². The summed E-state index contributed by atoms with van der Waals surface area (Å²) >= 11 is 0. The van der Waals surface area contributed by atoms with Crippen LogP contribution in [0.2, 0.25) is 0 Å². The first-order chi connectivity index (χ1) is 14.1. The van der Waals surface area contributed by atoms with Crippen molar-refractivity contribution in [2.45, 2.75) is 79.1 Å². The van der Waals surface area contributed by atoms with E-state index in [0.717, 1.165) is 57.7 Å². The van der Waals surface area contributed by atoms with E-state index in [-0.39, 0.29) is 5.41 Å². The SMILES string of the molecule is CN=CC1=C(C)CCN(C(=O)CCCC2CC23CCN(C(=O)CC(C)(C)C)CC3)C1. The van der Waals surface area contributed by atoms with E-state index in [1.165, 1.54) is 17.6 Å². The highest BCUT2D eigenvalue weighted by atomic mass is 16.2. The van der Waals surface area contributed by atoms with Crippen molar-refractivity contribution in [3.05, 3.63) is 11.1 Å². The lowest BCUT2D eigenvalue weighted by Crippen LogP contribution is -2.40. The Hall–Kier alpha value is -1.65. The Morgan fingerprint density at radius 3 is 2.47 bits per heavy atom. The molecule has 1 spiro atoms. The van der Waals surface area contributed by atoms with Gasteiger partial charge in [0.05, 0.1) is 0 Å². The Morgan fingerprint density at radius 2 is 1.83 bits per heavy atom. The molecule has 1 saturated carbocycles. The van der Waals surface area contributed by atoms with Crippen LogP contribution in [-0.2, 0) is 9.59 Å². The summed E-state index contributed by atoms with van der Waals surface area (Å²) in [6, 6.07) is 0. The van der Waals surface area contributed by atoms with Crippen LogP contribution in [0.5, 0.6) is 0 Å². The topological polar surface area (TPSA) is 53.0 Å². The van der Waals surface area contributed by atoms with Gasteiger partial charge < -0.3 is 9.80 Å². The maximum Gasteiger partial charge on any atom is 0.223 e. The molecule has 2 aliphatic heterocycles. The summed E-state index contributed by atoms with van der Waals surface area (Å²) in [4.78, 5) is 33.4. The van der Waals surface area contributed by atoms with Gasteiger partial charge in [-0.15, -0.1) is 0 Å². The van der Waals surface area contributed by atoms with Gasteiger partial charge in [-0.25, -0.2) is 0 Å². The fraction of sp³-hybridized carbons (Fsp3) is 0.800. The molecule has 3 rings (SSSR count). The molecule has 0 aromatic heterocycles. The lowest BCUT2D eigenvalue weighted by Gasteiger charge is -2.34. The van der Waals surface area contributed by atoms with E-state index < -0.39 is 0 Å². The molecule has 1 atom stereocenters. The van der Waals surface area contributed by atoms with Crippen LogP contribution in [0.4, 0.5) is 0 Å². The number of hydrogen-bond acceptors (Lipinski definition) is 3. The third kappa shape index (κ3) is 5.73. The van der Waals surface area contributed by atoms with Crippen LogP contribution in [0, 0.1) is 16.7 Å². The van der Waals surface area contributed by atoms with Crippen molar-refractivity contribution in [3.8, 4) is 0 Å². The molecule has 1 aliphatic carbocycles. The number of hydrogen-bond donors (Lipinski definition) is 0. The number of amides is 2. The molecule has 0 bridgehead atoms. The Labute approximate surface area is 183 Å². The van der Waals surface area contributed by atoms with Gasteiger partial charge in [-0.05, 0) is 67.8 Å². The molecular weight excluding hydrogens is 374 g/mol. The molecule has 168 valence electrons. The van der Waals surface area contributed by atoms with Gasteiger partial charge in [0.1, 0.15) is 0 Å². The van der Waals surface area contributed by atoms with Gasteiger partial charge in [0.2, 0.25) is 11.8 Å². The van der Waals surface area contributed by atoms with E-state index in [9.17, 15) is 9.59 Å². The first-order valence-corrected chi connectivity index (χ1v) is 11.8. The minimum Gasteiger partial charge on any atom is -0.343 e. The number of likely N-dealkylation sites (tertiary alicyclic amines) is 1. The monoisotopic (exact) mass is 415 g/mol. The summed E-state index contributed by atoms with van der Waals surface area (Å²) in [5, 5.41) is 0. The molecule has 0 aromatic rings. The molecular formula is C25H41N3O2. The Kier molecular flexibility index (Phi) is 7.09. The zero-order valence-electron chi connectivity index (χ0n) is 19.8. The molecule has 3 aliphatic rings. The van der Waals surface area contributed by atoms with E-state index in [1.54, 1.807) is 7.05 Å². The van der Waals surface area contributed by atoms with Crippen molar-refractivity contribution in [1.29, 1.82) is 0 Å². The molecule has 1 saturated heterocycles. The quantitative estimate of drug-likeness (QED) is 0.601. The van der Waals surface area contributed by atoms with Gasteiger partial charge in [-0.1, -0.05) is 26.3 Å². The van der Waals surface area contributed by atoms with E-state index in [4.69, 9.17) is 0 Å². The number of nitrogens with zero attached hydrogens (tertiary/aromatic N) is 3. The highest BCUT2D eigenvalue weighted by Gasteiger charge is 2.54. The second kappa shape index (κ2) is 9.23. The molecule has 2 amide bonds. The highest BCUT2D eigenvalue weighted by Crippen LogP contribution is 2.61. The molecule has 1 unspecified atom stereocenters. The van der Waals surface area contributed by atoms with Crippen molar-refractivity contribution in [3.63, 3.8) is 0 Å². The van der Waals surface area contributed by atoms with Crippen LogP contribution in [0.25, 0.3) is 0 Å². The van der Waals surface area contributed by atoms with Gasteiger partial charge in [-0.3, -0.25) is 14.6 Å². The molecule has 2 heterocycles. The van der Waals surface area contributed by atoms with Crippen molar-refractivity contribution >= 4 is 18.0 Å². The van der Waals surface area contributed by atoms with Crippen LogP contribution in [0.3, 0.4) is 0 Å². The van der Waals surface area contributed by atoms with Gasteiger partial charge in [-0.2, -0.15) is 0 Å². The van der Waals surface area contributed by atoms with E-state index >= 15 is 0 Å². The summed E-state index contributed by atoms with van der Waals surface area (Å²) in [6.07, 6.45) is 9.92. The van der Waals surface area contributed by atoms with Crippen LogP contribution in [0.1, 0.15) is 79.1 Å². The summed E-state index contributed by atoms with van der Waals surface area (Å²) in [5.74, 6) is 1.37. The van der Waals surface area contributed by atoms with Crippen LogP contribution in [-0.4, -0.2) is 61.1 Å². The van der Waals surface area contributed by atoms with Crippen molar-refractivity contribution in [2.75, 3.05) is 33.2 Å². The Bertz CT molecular complexity index is 708. The summed E-state index contributed by atoms with van der Waals surface area (Å²) in [6.45, 7) is 12.0. The number of carbonyl (C=O) groups is 2. The molecule has 0 N–H and O–H groups in total. The van der Waals surface area contributed by atoms with Crippen molar-refractivity contribution in [2.24, 2.45) is 21.7 Å². The van der Waals surface area contributed by atoms with Gasteiger partial charge in [0, 0.05) is 52.3 Å². The van der Waals surface area contributed by atoms with Crippen molar-refractivity contribution < 1.29 is 9.59 Å². The largest absolute Gasteiger partial charge is 0.343 e. The lowest BCUT2D eigenvalue weighted by molar-refractivity contribution is -0.135. The average molecular weight is 416 g/mol. The fourth-order valence-electron chi connectivity index (χ4n) is 5.28. The predicted molar refractivity (Wildman–Crippen MR) is 123 cm³/mol. The van der Waals surface area contributed by atoms with Gasteiger partial charge in [0.25, 0.3) is 0 Å². The Morgan fingerprint density at radius 1 is 1.13 bits per heavy atom.